The van der Waals surface area contributed by atoms with Gasteiger partial charge in [0.15, 0.2) is 0 Å². The maximum atomic E-state index is 13.0. The number of aromatic nitrogens is 2. The summed E-state index contributed by atoms with van der Waals surface area (Å²) in [6.07, 6.45) is 3.50. The van der Waals surface area contributed by atoms with Crippen molar-refractivity contribution in [3.8, 4) is 0 Å². The third kappa shape index (κ3) is 3.47. The lowest BCUT2D eigenvalue weighted by Crippen LogP contribution is -2.39. The monoisotopic (exact) mass is 338 g/mol. The number of likely N-dealkylation sites (tertiary alicyclic amines) is 1. The van der Waals surface area contributed by atoms with E-state index in [1.54, 1.807) is 0 Å². The maximum absolute atomic E-state index is 13.0. The molecule has 2 unspecified atom stereocenters. The fourth-order valence-electron chi connectivity index (χ4n) is 4.12. The quantitative estimate of drug-likeness (QED) is 0.935. The van der Waals surface area contributed by atoms with E-state index in [9.17, 15) is 4.79 Å². The van der Waals surface area contributed by atoms with Crippen molar-refractivity contribution in [1.82, 2.24) is 20.0 Å². The summed E-state index contributed by atoms with van der Waals surface area (Å²) in [6, 6.07) is 11.2. The van der Waals surface area contributed by atoms with Crippen molar-refractivity contribution >= 4 is 5.91 Å². The largest absolute Gasteiger partial charge is 0.337 e. The highest BCUT2D eigenvalue weighted by molar-refractivity contribution is 5.94. The highest BCUT2D eigenvalue weighted by Gasteiger charge is 2.31. The zero-order chi connectivity index (χ0) is 17.4. The minimum absolute atomic E-state index is 0.157. The van der Waals surface area contributed by atoms with E-state index in [0.29, 0.717) is 18.6 Å². The van der Waals surface area contributed by atoms with Crippen LogP contribution < -0.4 is 5.32 Å². The van der Waals surface area contributed by atoms with E-state index >= 15 is 0 Å². The zero-order valence-electron chi connectivity index (χ0n) is 15.0. The van der Waals surface area contributed by atoms with Crippen molar-refractivity contribution in [2.24, 2.45) is 0 Å². The second-order valence-electron chi connectivity index (χ2n) is 7.46. The number of aryl methyl sites for hydroxylation is 2. The first kappa shape index (κ1) is 16.3. The minimum atomic E-state index is 0.157. The SMILES string of the molecule is Cc1cc(C)n(Cc2cccc(C(=O)N3CCC4CCC(C3)N4)c2)n1. The van der Waals surface area contributed by atoms with Crippen LogP contribution in [0.1, 0.15) is 46.6 Å². The third-order valence-electron chi connectivity index (χ3n) is 5.42. The van der Waals surface area contributed by atoms with E-state index in [2.05, 4.69) is 29.5 Å². The van der Waals surface area contributed by atoms with Gasteiger partial charge < -0.3 is 10.2 Å². The Kier molecular flexibility index (Phi) is 4.34. The van der Waals surface area contributed by atoms with Gasteiger partial charge in [-0.3, -0.25) is 9.48 Å². The van der Waals surface area contributed by atoms with Crippen LogP contribution in [-0.2, 0) is 6.54 Å². The highest BCUT2D eigenvalue weighted by atomic mass is 16.2. The van der Waals surface area contributed by atoms with E-state index in [4.69, 9.17) is 0 Å². The molecule has 0 aliphatic carbocycles. The summed E-state index contributed by atoms with van der Waals surface area (Å²) >= 11 is 0. The summed E-state index contributed by atoms with van der Waals surface area (Å²) in [6.45, 7) is 6.46. The number of benzene rings is 1. The number of nitrogens with zero attached hydrogens (tertiary/aromatic N) is 3. The zero-order valence-corrected chi connectivity index (χ0v) is 15.0. The Morgan fingerprint density at radius 3 is 2.84 bits per heavy atom. The van der Waals surface area contributed by atoms with Crippen LogP contribution >= 0.6 is 0 Å². The lowest BCUT2D eigenvalue weighted by molar-refractivity contribution is 0.0748. The van der Waals surface area contributed by atoms with Gasteiger partial charge in [0.1, 0.15) is 0 Å². The Hall–Kier alpha value is -2.14. The summed E-state index contributed by atoms with van der Waals surface area (Å²) in [7, 11) is 0. The van der Waals surface area contributed by atoms with Gasteiger partial charge in [0, 0.05) is 36.4 Å². The molecule has 2 atom stereocenters. The molecule has 132 valence electrons. The van der Waals surface area contributed by atoms with Crippen LogP contribution in [0.3, 0.4) is 0 Å². The van der Waals surface area contributed by atoms with Gasteiger partial charge >= 0.3 is 0 Å². The van der Waals surface area contributed by atoms with Crippen LogP contribution in [0, 0.1) is 13.8 Å². The van der Waals surface area contributed by atoms with Crippen molar-refractivity contribution in [2.75, 3.05) is 13.1 Å². The molecule has 2 aromatic rings. The number of fused-ring (bicyclic) bond motifs is 2. The molecule has 2 bridgehead atoms. The Bertz CT molecular complexity index is 782. The maximum Gasteiger partial charge on any atom is 0.253 e. The molecule has 2 aliphatic rings. The molecule has 1 aromatic carbocycles. The van der Waals surface area contributed by atoms with Gasteiger partial charge in [-0.1, -0.05) is 12.1 Å². The lowest BCUT2D eigenvalue weighted by atomic mass is 10.1. The molecule has 5 heteroatoms. The molecule has 0 spiro atoms. The normalized spacial score (nSPS) is 22.9. The van der Waals surface area contributed by atoms with Crippen LogP contribution in [0.2, 0.25) is 0 Å². The van der Waals surface area contributed by atoms with Crippen LogP contribution in [0.5, 0.6) is 0 Å². The van der Waals surface area contributed by atoms with E-state index in [0.717, 1.165) is 42.0 Å². The average Bonchev–Trinajstić information content (AvgIpc) is 3.08. The second kappa shape index (κ2) is 6.64. The number of amides is 1. The van der Waals surface area contributed by atoms with Gasteiger partial charge in [0.25, 0.3) is 5.91 Å². The molecule has 2 aliphatic heterocycles. The van der Waals surface area contributed by atoms with Crippen molar-refractivity contribution < 1.29 is 4.79 Å². The van der Waals surface area contributed by atoms with Crippen molar-refractivity contribution in [1.29, 1.82) is 0 Å². The molecule has 1 amide bonds. The van der Waals surface area contributed by atoms with Crippen LogP contribution in [0.4, 0.5) is 0 Å². The average molecular weight is 338 g/mol. The van der Waals surface area contributed by atoms with E-state index in [-0.39, 0.29) is 5.91 Å². The smallest absolute Gasteiger partial charge is 0.253 e. The summed E-state index contributed by atoms with van der Waals surface area (Å²) < 4.78 is 1.99. The van der Waals surface area contributed by atoms with Gasteiger partial charge in [0.05, 0.1) is 12.2 Å². The fraction of sp³-hybridized carbons (Fsp3) is 0.500. The second-order valence-corrected chi connectivity index (χ2v) is 7.46. The molecule has 2 fully saturated rings. The standard InChI is InChI=1S/C20H26N4O/c1-14-10-15(2)24(22-14)12-16-4-3-5-17(11-16)20(25)23-9-8-18-6-7-19(13-23)21-18/h3-5,10-11,18-19,21H,6-9,12-13H2,1-2H3. The topological polar surface area (TPSA) is 50.2 Å². The Balaban J connectivity index is 1.50. The molecule has 1 N–H and O–H groups in total. The molecule has 1 aromatic heterocycles. The molecule has 3 heterocycles. The van der Waals surface area contributed by atoms with Gasteiger partial charge in [-0.05, 0) is 56.9 Å². The Morgan fingerprint density at radius 1 is 1.20 bits per heavy atom. The lowest BCUT2D eigenvalue weighted by Gasteiger charge is -2.24. The molecule has 25 heavy (non-hydrogen) atoms. The summed E-state index contributed by atoms with van der Waals surface area (Å²) in [5.74, 6) is 0.157. The molecule has 2 saturated heterocycles. The number of hydrogen-bond acceptors (Lipinski definition) is 3. The van der Waals surface area contributed by atoms with Gasteiger partial charge in [-0.25, -0.2) is 0 Å². The summed E-state index contributed by atoms with van der Waals surface area (Å²) in [5, 5.41) is 8.16. The van der Waals surface area contributed by atoms with Crippen molar-refractivity contribution in [3.05, 3.63) is 52.8 Å². The molecule has 0 radical (unpaired) electrons. The predicted octanol–water partition coefficient (Wildman–Crippen LogP) is 2.51. The first-order chi connectivity index (χ1) is 12.1. The molecular formula is C20H26N4O. The summed E-state index contributed by atoms with van der Waals surface area (Å²) in [4.78, 5) is 15.0. The van der Waals surface area contributed by atoms with Gasteiger partial charge in [-0.2, -0.15) is 5.10 Å². The molecule has 4 rings (SSSR count). The van der Waals surface area contributed by atoms with Crippen LogP contribution in [0.15, 0.2) is 30.3 Å². The van der Waals surface area contributed by atoms with E-state index in [1.165, 1.54) is 12.8 Å². The fourth-order valence-corrected chi connectivity index (χ4v) is 4.12. The Labute approximate surface area is 149 Å². The van der Waals surface area contributed by atoms with Crippen molar-refractivity contribution in [2.45, 2.75) is 51.7 Å². The highest BCUT2D eigenvalue weighted by Crippen LogP contribution is 2.22. The number of carbonyl (C=O) groups is 1. The predicted molar refractivity (Wildman–Crippen MR) is 97.7 cm³/mol. The summed E-state index contributed by atoms with van der Waals surface area (Å²) in [5.41, 5.74) is 4.07. The minimum Gasteiger partial charge on any atom is -0.337 e. The van der Waals surface area contributed by atoms with Crippen LogP contribution in [0.25, 0.3) is 0 Å². The third-order valence-corrected chi connectivity index (χ3v) is 5.42. The van der Waals surface area contributed by atoms with Gasteiger partial charge in [0.2, 0.25) is 0 Å². The first-order valence-electron chi connectivity index (χ1n) is 9.24. The molecular weight excluding hydrogens is 312 g/mol. The van der Waals surface area contributed by atoms with Gasteiger partial charge in [-0.15, -0.1) is 0 Å². The Morgan fingerprint density at radius 2 is 2.04 bits per heavy atom. The van der Waals surface area contributed by atoms with E-state index < -0.39 is 0 Å². The number of rotatable bonds is 3. The number of hydrogen-bond donors (Lipinski definition) is 1. The van der Waals surface area contributed by atoms with Crippen molar-refractivity contribution in [3.63, 3.8) is 0 Å². The first-order valence-corrected chi connectivity index (χ1v) is 9.24. The molecule has 0 saturated carbocycles. The van der Waals surface area contributed by atoms with Crippen LogP contribution in [-0.4, -0.2) is 45.8 Å². The number of nitrogens with one attached hydrogen (secondary N) is 1. The van der Waals surface area contributed by atoms with E-state index in [1.807, 2.05) is 34.7 Å². The molecule has 5 nitrogen and oxygen atoms in total. The number of carbonyl (C=O) groups excluding carboxylic acids is 1.